The van der Waals surface area contributed by atoms with Gasteiger partial charge in [0.05, 0.1) is 11.0 Å². The molecular formula is C19H18N2O8S. The number of cyclic esters (lactones) is 2. The molecule has 0 N–H and O–H groups in total. The van der Waals surface area contributed by atoms with E-state index in [1.807, 2.05) is 6.26 Å². The number of benzene rings is 1. The third kappa shape index (κ3) is 3.18. The number of hydrogen-bond acceptors (Lipinski definition) is 9. The number of amides is 1. The van der Waals surface area contributed by atoms with E-state index >= 15 is 0 Å². The summed E-state index contributed by atoms with van der Waals surface area (Å²) in [4.78, 5) is 49.3. The molecule has 158 valence electrons. The van der Waals surface area contributed by atoms with Crippen molar-refractivity contribution in [2.24, 2.45) is 5.92 Å². The summed E-state index contributed by atoms with van der Waals surface area (Å²) >= 11 is 1.36. The molecule has 11 heteroatoms. The first-order valence-corrected chi connectivity index (χ1v) is 10.3. The number of hydrogen-bond donors (Lipinski definition) is 0. The number of thioether (sulfide) groups is 1. The van der Waals surface area contributed by atoms with Gasteiger partial charge in [0.2, 0.25) is 5.91 Å². The summed E-state index contributed by atoms with van der Waals surface area (Å²) in [5.74, 6) is -1.55. The number of non-ortho nitro benzene ring substituents is 1. The van der Waals surface area contributed by atoms with E-state index in [2.05, 4.69) is 0 Å². The summed E-state index contributed by atoms with van der Waals surface area (Å²) in [6.45, 7) is 1.56. The molecule has 0 saturated carbocycles. The van der Waals surface area contributed by atoms with Gasteiger partial charge in [-0.05, 0) is 30.9 Å². The van der Waals surface area contributed by atoms with Gasteiger partial charge in [-0.1, -0.05) is 0 Å². The molecule has 3 aliphatic rings. The van der Waals surface area contributed by atoms with Crippen LogP contribution in [0.25, 0.3) is 0 Å². The van der Waals surface area contributed by atoms with Crippen LogP contribution in [0.2, 0.25) is 0 Å². The highest BCUT2D eigenvalue weighted by molar-refractivity contribution is 8.02. The average Bonchev–Trinajstić information content (AvgIpc) is 3.23. The fourth-order valence-electron chi connectivity index (χ4n) is 4.05. The van der Waals surface area contributed by atoms with Crippen molar-refractivity contribution in [2.45, 2.75) is 31.6 Å². The molecule has 0 spiro atoms. The Morgan fingerprint density at radius 2 is 2.07 bits per heavy atom. The first-order valence-electron chi connectivity index (χ1n) is 9.11. The van der Waals surface area contributed by atoms with Crippen LogP contribution in [0.4, 0.5) is 10.5 Å². The lowest BCUT2D eigenvalue weighted by Crippen LogP contribution is -2.66. The first kappa shape index (κ1) is 20.2. The van der Waals surface area contributed by atoms with Crippen molar-refractivity contribution >= 4 is 35.5 Å². The number of carbonyl (C=O) groups excluding carboxylic acids is 3. The molecule has 1 amide bonds. The van der Waals surface area contributed by atoms with Gasteiger partial charge in [0.15, 0.2) is 5.60 Å². The van der Waals surface area contributed by atoms with Crippen LogP contribution >= 0.6 is 11.8 Å². The lowest BCUT2D eigenvalue weighted by molar-refractivity contribution is -0.384. The smallest absolute Gasteiger partial charge is 0.456 e. The van der Waals surface area contributed by atoms with E-state index in [0.717, 1.165) is 4.91 Å². The zero-order valence-electron chi connectivity index (χ0n) is 16.2. The lowest BCUT2D eigenvalue weighted by atomic mass is 9.75. The second kappa shape index (κ2) is 7.31. The van der Waals surface area contributed by atoms with E-state index in [-0.39, 0.29) is 36.5 Å². The molecule has 2 fully saturated rings. The Morgan fingerprint density at radius 3 is 2.63 bits per heavy atom. The molecule has 0 bridgehead atoms. The molecule has 3 aliphatic heterocycles. The maximum atomic E-state index is 12.9. The minimum absolute atomic E-state index is 0.0128. The number of fused-ring (bicyclic) bond motifs is 1. The summed E-state index contributed by atoms with van der Waals surface area (Å²) in [6, 6.07) is 5.37. The van der Waals surface area contributed by atoms with Crippen molar-refractivity contribution in [3.05, 3.63) is 50.5 Å². The normalized spacial score (nSPS) is 27.3. The second-order valence-electron chi connectivity index (χ2n) is 7.39. The second-order valence-corrected chi connectivity index (χ2v) is 8.29. The molecule has 1 aromatic carbocycles. The van der Waals surface area contributed by atoms with E-state index in [1.165, 1.54) is 40.9 Å². The number of ether oxygens (including phenoxy) is 3. The molecule has 10 nitrogen and oxygen atoms in total. The van der Waals surface area contributed by atoms with Crippen LogP contribution in [-0.4, -0.2) is 52.4 Å². The predicted molar refractivity (Wildman–Crippen MR) is 103 cm³/mol. The molecule has 3 unspecified atom stereocenters. The first-order chi connectivity index (χ1) is 14.2. The Kier molecular flexibility index (Phi) is 4.92. The Bertz CT molecular complexity index is 975. The van der Waals surface area contributed by atoms with Gasteiger partial charge in [-0.15, -0.1) is 11.8 Å². The largest absolute Gasteiger partial charge is 0.509 e. The van der Waals surface area contributed by atoms with Gasteiger partial charge < -0.3 is 19.1 Å². The van der Waals surface area contributed by atoms with Gasteiger partial charge in [0, 0.05) is 23.5 Å². The molecule has 0 aliphatic carbocycles. The zero-order valence-corrected chi connectivity index (χ0v) is 17.0. The van der Waals surface area contributed by atoms with E-state index < -0.39 is 28.6 Å². The minimum Gasteiger partial charge on any atom is -0.456 e. The van der Waals surface area contributed by atoms with Crippen LogP contribution in [0, 0.1) is 16.0 Å². The quantitative estimate of drug-likeness (QED) is 0.287. The molecule has 3 heterocycles. The molecular weight excluding hydrogens is 416 g/mol. The molecule has 2 saturated heterocycles. The summed E-state index contributed by atoms with van der Waals surface area (Å²) in [7, 11) is 0. The minimum atomic E-state index is -1.06. The van der Waals surface area contributed by atoms with Crippen molar-refractivity contribution in [3.63, 3.8) is 0 Å². The van der Waals surface area contributed by atoms with Crippen molar-refractivity contribution in [2.75, 3.05) is 12.9 Å². The highest BCUT2D eigenvalue weighted by atomic mass is 32.2. The summed E-state index contributed by atoms with van der Waals surface area (Å²) < 4.78 is 15.5. The van der Waals surface area contributed by atoms with Gasteiger partial charge in [0.1, 0.15) is 24.8 Å². The number of carbonyl (C=O) groups is 3. The number of nitro benzene ring substituents is 1. The topological polar surface area (TPSA) is 125 Å². The molecule has 0 aromatic heterocycles. The number of β-lactam (4-membered cyclic amide) rings is 1. The van der Waals surface area contributed by atoms with Crippen LogP contribution in [0.1, 0.15) is 18.9 Å². The van der Waals surface area contributed by atoms with Gasteiger partial charge in [-0.3, -0.25) is 14.9 Å². The summed E-state index contributed by atoms with van der Waals surface area (Å²) in [5.41, 5.74) is -0.329. The number of nitro groups is 1. The van der Waals surface area contributed by atoms with Gasteiger partial charge in [-0.2, -0.15) is 0 Å². The monoisotopic (exact) mass is 434 g/mol. The third-order valence-corrected chi connectivity index (χ3v) is 6.38. The van der Waals surface area contributed by atoms with Crippen molar-refractivity contribution in [1.82, 2.24) is 4.90 Å². The molecule has 3 atom stereocenters. The Hall–Kier alpha value is -3.08. The number of nitrogens with zero attached hydrogens (tertiary/aromatic N) is 2. The molecule has 4 rings (SSSR count). The van der Waals surface area contributed by atoms with Gasteiger partial charge in [-0.25, -0.2) is 9.59 Å². The van der Waals surface area contributed by atoms with E-state index in [4.69, 9.17) is 14.2 Å². The van der Waals surface area contributed by atoms with Crippen LogP contribution in [-0.2, 0) is 30.4 Å². The van der Waals surface area contributed by atoms with Crippen LogP contribution in [0.3, 0.4) is 0 Å². The van der Waals surface area contributed by atoms with Crippen LogP contribution < -0.4 is 0 Å². The summed E-state index contributed by atoms with van der Waals surface area (Å²) in [6.07, 6.45) is 1.47. The summed E-state index contributed by atoms with van der Waals surface area (Å²) in [5, 5.41) is 10.7. The molecule has 30 heavy (non-hydrogen) atoms. The van der Waals surface area contributed by atoms with Crippen molar-refractivity contribution in [1.29, 1.82) is 0 Å². The van der Waals surface area contributed by atoms with Gasteiger partial charge >= 0.3 is 12.1 Å². The Labute approximate surface area is 175 Å². The maximum Gasteiger partial charge on any atom is 0.509 e. The number of esters is 1. The zero-order chi connectivity index (χ0) is 21.6. The van der Waals surface area contributed by atoms with Crippen molar-refractivity contribution in [3.8, 4) is 0 Å². The van der Waals surface area contributed by atoms with Crippen LogP contribution in [0.5, 0.6) is 0 Å². The van der Waals surface area contributed by atoms with Crippen molar-refractivity contribution < 1.29 is 33.5 Å². The van der Waals surface area contributed by atoms with E-state index in [9.17, 15) is 24.5 Å². The Balaban J connectivity index is 1.46. The lowest BCUT2D eigenvalue weighted by Gasteiger charge is -2.48. The predicted octanol–water partition coefficient (Wildman–Crippen LogP) is 2.37. The molecule has 0 radical (unpaired) electrons. The fourth-order valence-corrected chi connectivity index (χ4v) is 4.76. The molecule has 1 aromatic rings. The highest BCUT2D eigenvalue weighted by Gasteiger charge is 2.64. The Morgan fingerprint density at radius 1 is 1.37 bits per heavy atom. The standard InChI is InChI=1S/C19H18N2O8S/c1-19(9-28-18(24)29-19)14-12-7-13(30-2)15(20(12)16(14)22)17(23)27-8-10-3-5-11(6-4-10)21(25)26/h3-6,12,14H,7-9H2,1-2H3. The average molecular weight is 434 g/mol. The maximum absolute atomic E-state index is 12.9. The third-order valence-electron chi connectivity index (χ3n) is 5.53. The van der Waals surface area contributed by atoms with Crippen LogP contribution in [0.15, 0.2) is 34.9 Å². The fraction of sp³-hybridized carbons (Fsp3) is 0.421. The van der Waals surface area contributed by atoms with E-state index in [1.54, 1.807) is 6.92 Å². The number of rotatable bonds is 6. The SMILES string of the molecule is CSC1=C(C(=O)OCc2ccc([N+](=O)[O-])cc2)N2C(=O)C(C3(C)COC(=O)O3)C2C1. The van der Waals surface area contributed by atoms with E-state index in [0.29, 0.717) is 12.0 Å². The van der Waals surface area contributed by atoms with Gasteiger partial charge in [0.25, 0.3) is 5.69 Å². The highest BCUT2D eigenvalue weighted by Crippen LogP contribution is 2.50.